The van der Waals surface area contributed by atoms with E-state index in [-0.39, 0.29) is 11.8 Å². The van der Waals surface area contributed by atoms with Crippen LogP contribution in [0.25, 0.3) is 0 Å². The number of carbonyl (C=O) groups is 2. The molecule has 2 rings (SSSR count). The molecule has 0 bridgehead atoms. The summed E-state index contributed by atoms with van der Waals surface area (Å²) in [6.07, 6.45) is 2.18. The fourth-order valence-corrected chi connectivity index (χ4v) is 2.85. The van der Waals surface area contributed by atoms with Crippen molar-refractivity contribution in [3.05, 3.63) is 0 Å². The summed E-state index contributed by atoms with van der Waals surface area (Å²) in [7, 11) is 0. The van der Waals surface area contributed by atoms with Gasteiger partial charge in [-0.3, -0.25) is 9.59 Å². The molecule has 0 aromatic carbocycles. The maximum Gasteiger partial charge on any atom is 0.310 e. The number of amides is 1. The minimum Gasteiger partial charge on any atom is -0.481 e. The van der Waals surface area contributed by atoms with Crippen LogP contribution in [0.4, 0.5) is 0 Å². The number of likely N-dealkylation sites (tertiary alicyclic amines) is 1. The van der Waals surface area contributed by atoms with Crippen molar-refractivity contribution in [3.8, 4) is 0 Å². The summed E-state index contributed by atoms with van der Waals surface area (Å²) in [4.78, 5) is 24.9. The lowest BCUT2D eigenvalue weighted by Crippen LogP contribution is -2.58. The third-order valence-electron chi connectivity index (χ3n) is 4.39. The van der Waals surface area contributed by atoms with E-state index in [1.165, 1.54) is 0 Å². The normalized spacial score (nSPS) is 25.7. The summed E-state index contributed by atoms with van der Waals surface area (Å²) >= 11 is 0. The topological polar surface area (TPSA) is 69.6 Å². The highest BCUT2D eigenvalue weighted by atomic mass is 16.4. The molecule has 0 aromatic heterocycles. The Bertz CT molecular complexity index is 342. The number of carboxylic acid groups (broad SMARTS) is 1. The van der Waals surface area contributed by atoms with Crippen molar-refractivity contribution in [2.45, 2.75) is 26.7 Å². The zero-order valence-electron chi connectivity index (χ0n) is 11.1. The Hall–Kier alpha value is -1.10. The molecular formula is C13H22N2O3. The molecule has 2 fully saturated rings. The Balaban J connectivity index is 1.93. The molecule has 1 atom stereocenters. The van der Waals surface area contributed by atoms with Gasteiger partial charge in [-0.2, -0.15) is 0 Å². The maximum atomic E-state index is 12.4. The summed E-state index contributed by atoms with van der Waals surface area (Å²) in [6.45, 7) is 6.64. The smallest absolute Gasteiger partial charge is 0.310 e. The molecule has 2 saturated heterocycles. The predicted molar refractivity (Wildman–Crippen MR) is 67.1 cm³/mol. The van der Waals surface area contributed by atoms with Gasteiger partial charge in [0.15, 0.2) is 0 Å². The van der Waals surface area contributed by atoms with Crippen LogP contribution in [-0.2, 0) is 9.59 Å². The van der Waals surface area contributed by atoms with Crippen molar-refractivity contribution in [3.63, 3.8) is 0 Å². The molecular weight excluding hydrogens is 232 g/mol. The van der Waals surface area contributed by atoms with Gasteiger partial charge in [0, 0.05) is 18.5 Å². The Kier molecular flexibility index (Phi) is 3.61. The predicted octanol–water partition coefficient (Wildman–Crippen LogP) is 0.555. The second-order valence-electron chi connectivity index (χ2n) is 6.01. The summed E-state index contributed by atoms with van der Waals surface area (Å²) < 4.78 is 0. The quantitative estimate of drug-likeness (QED) is 0.772. The van der Waals surface area contributed by atoms with E-state index >= 15 is 0 Å². The number of rotatable bonds is 3. The molecule has 2 aliphatic rings. The molecule has 102 valence electrons. The van der Waals surface area contributed by atoms with Crippen LogP contribution in [0.3, 0.4) is 0 Å². The monoisotopic (exact) mass is 254 g/mol. The summed E-state index contributed by atoms with van der Waals surface area (Å²) in [5.41, 5.74) is -0.392. The molecule has 0 spiro atoms. The fourth-order valence-electron chi connectivity index (χ4n) is 2.85. The molecule has 2 N–H and O–H groups in total. The van der Waals surface area contributed by atoms with Gasteiger partial charge < -0.3 is 15.3 Å². The highest BCUT2D eigenvalue weighted by Crippen LogP contribution is 2.35. The van der Waals surface area contributed by atoms with Gasteiger partial charge in [0.2, 0.25) is 5.91 Å². The van der Waals surface area contributed by atoms with E-state index in [0.29, 0.717) is 19.0 Å². The first kappa shape index (κ1) is 13.3. The Labute approximate surface area is 108 Å². The van der Waals surface area contributed by atoms with Crippen molar-refractivity contribution in [2.24, 2.45) is 17.3 Å². The van der Waals surface area contributed by atoms with Gasteiger partial charge in [0.05, 0.1) is 5.92 Å². The number of nitrogens with zero attached hydrogens (tertiary/aromatic N) is 1. The molecule has 0 radical (unpaired) electrons. The lowest BCUT2D eigenvalue weighted by Gasteiger charge is -2.44. The van der Waals surface area contributed by atoms with Crippen LogP contribution in [0.15, 0.2) is 0 Å². The van der Waals surface area contributed by atoms with E-state index < -0.39 is 11.4 Å². The van der Waals surface area contributed by atoms with Crippen molar-refractivity contribution >= 4 is 11.9 Å². The van der Waals surface area contributed by atoms with Crippen LogP contribution in [0.2, 0.25) is 0 Å². The number of nitrogens with one attached hydrogen (secondary N) is 1. The van der Waals surface area contributed by atoms with Gasteiger partial charge >= 0.3 is 5.97 Å². The summed E-state index contributed by atoms with van der Waals surface area (Å²) in [5.74, 6) is -0.707. The minimum atomic E-state index is -0.795. The molecule has 2 heterocycles. The Morgan fingerprint density at radius 3 is 2.50 bits per heavy atom. The molecule has 0 aliphatic carbocycles. The first-order chi connectivity index (χ1) is 8.43. The summed E-state index contributed by atoms with van der Waals surface area (Å²) in [6, 6.07) is 0. The molecule has 2 aliphatic heterocycles. The van der Waals surface area contributed by atoms with E-state index in [1.807, 2.05) is 13.8 Å². The average molecular weight is 254 g/mol. The minimum absolute atomic E-state index is 0.105. The summed E-state index contributed by atoms with van der Waals surface area (Å²) in [5, 5.41) is 12.2. The number of carboxylic acids is 1. The molecule has 18 heavy (non-hydrogen) atoms. The van der Waals surface area contributed by atoms with Gasteiger partial charge in [0.1, 0.15) is 0 Å². The van der Waals surface area contributed by atoms with Gasteiger partial charge in [-0.1, -0.05) is 13.8 Å². The molecule has 0 aromatic rings. The van der Waals surface area contributed by atoms with Crippen LogP contribution < -0.4 is 5.32 Å². The van der Waals surface area contributed by atoms with E-state index in [4.69, 9.17) is 5.11 Å². The van der Waals surface area contributed by atoms with Crippen molar-refractivity contribution in [1.29, 1.82) is 0 Å². The third kappa shape index (κ3) is 2.36. The number of hydrogen-bond acceptors (Lipinski definition) is 3. The zero-order valence-corrected chi connectivity index (χ0v) is 11.1. The molecule has 5 nitrogen and oxygen atoms in total. The lowest BCUT2D eigenvalue weighted by atomic mass is 9.73. The second-order valence-corrected chi connectivity index (χ2v) is 6.01. The first-order valence-electron chi connectivity index (χ1n) is 6.66. The molecule has 0 saturated carbocycles. The number of carbonyl (C=O) groups excluding carboxylic acids is 1. The van der Waals surface area contributed by atoms with Gasteiger partial charge in [-0.05, 0) is 31.8 Å². The second kappa shape index (κ2) is 4.88. The van der Waals surface area contributed by atoms with Crippen LogP contribution in [0, 0.1) is 17.3 Å². The maximum absolute atomic E-state index is 12.4. The zero-order chi connectivity index (χ0) is 13.3. The van der Waals surface area contributed by atoms with Crippen molar-refractivity contribution in [1.82, 2.24) is 10.2 Å². The van der Waals surface area contributed by atoms with Crippen LogP contribution in [0.5, 0.6) is 0 Å². The van der Waals surface area contributed by atoms with Gasteiger partial charge in [0.25, 0.3) is 0 Å². The van der Waals surface area contributed by atoms with Gasteiger partial charge in [-0.15, -0.1) is 0 Å². The van der Waals surface area contributed by atoms with Crippen LogP contribution in [-0.4, -0.2) is 48.1 Å². The van der Waals surface area contributed by atoms with Crippen LogP contribution in [0.1, 0.15) is 26.7 Å². The van der Waals surface area contributed by atoms with E-state index in [0.717, 1.165) is 25.9 Å². The number of hydrogen-bond donors (Lipinski definition) is 2. The Morgan fingerprint density at radius 1 is 1.33 bits per heavy atom. The molecule has 1 unspecified atom stereocenters. The standard InChI is InChI=1S/C13H22N2O3/c1-13(2,10-4-3-5-14-6-10)12(18)15-7-9(8-15)11(16)17/h9-10,14H,3-8H2,1-2H3,(H,16,17). The Morgan fingerprint density at radius 2 is 2.00 bits per heavy atom. The number of piperidine rings is 1. The van der Waals surface area contributed by atoms with E-state index in [1.54, 1.807) is 4.90 Å². The lowest BCUT2D eigenvalue weighted by molar-refractivity contribution is -0.159. The van der Waals surface area contributed by atoms with E-state index in [9.17, 15) is 9.59 Å². The van der Waals surface area contributed by atoms with Crippen LogP contribution >= 0.6 is 0 Å². The van der Waals surface area contributed by atoms with Crippen molar-refractivity contribution in [2.75, 3.05) is 26.2 Å². The average Bonchev–Trinajstić information content (AvgIpc) is 2.27. The van der Waals surface area contributed by atoms with Crippen molar-refractivity contribution < 1.29 is 14.7 Å². The molecule has 5 heteroatoms. The molecule has 1 amide bonds. The third-order valence-corrected chi connectivity index (χ3v) is 4.39. The highest BCUT2D eigenvalue weighted by molar-refractivity contribution is 5.85. The highest BCUT2D eigenvalue weighted by Gasteiger charge is 2.44. The SMILES string of the molecule is CC(C)(C(=O)N1CC(C(=O)O)C1)C1CCCNC1. The fraction of sp³-hybridized carbons (Fsp3) is 0.846. The van der Waals surface area contributed by atoms with E-state index in [2.05, 4.69) is 5.32 Å². The largest absolute Gasteiger partial charge is 0.481 e. The van der Waals surface area contributed by atoms with Gasteiger partial charge in [-0.25, -0.2) is 0 Å². The number of aliphatic carboxylic acids is 1. The first-order valence-corrected chi connectivity index (χ1v) is 6.66.